The maximum Gasteiger partial charge on any atom is 0.315 e. The van der Waals surface area contributed by atoms with Crippen LogP contribution in [0.1, 0.15) is 79.2 Å². The highest BCUT2D eigenvalue weighted by molar-refractivity contribution is 6.37. The Bertz CT molecular complexity index is 1470. The first-order chi connectivity index (χ1) is 22.8. The molecular weight excluding hydrogens is 652 g/mol. The lowest BCUT2D eigenvalue weighted by Crippen LogP contribution is -2.61. The quantitative estimate of drug-likeness (QED) is 0.206. The lowest BCUT2D eigenvalue weighted by molar-refractivity contribution is -0.143. The van der Waals surface area contributed by atoms with Gasteiger partial charge in [0.05, 0.1) is 30.9 Å². The molecule has 1 aromatic rings. The fourth-order valence-corrected chi connectivity index (χ4v) is 6.57. The highest BCUT2D eigenvalue weighted by Gasteiger charge is 2.54. The number of urea groups is 1. The number of nitrogens with zero attached hydrogens (tertiary/aromatic N) is 1. The molecule has 0 aromatic heterocycles. The molecule has 1 aromatic carbocycles. The van der Waals surface area contributed by atoms with Crippen molar-refractivity contribution in [3.8, 4) is 0 Å². The van der Waals surface area contributed by atoms with Crippen LogP contribution in [0, 0.1) is 16.7 Å². The molecule has 14 heteroatoms. The number of hydroxylamine groups is 1. The van der Waals surface area contributed by atoms with Gasteiger partial charge in [-0.1, -0.05) is 84.5 Å². The van der Waals surface area contributed by atoms with Gasteiger partial charge in [-0.2, -0.15) is 0 Å². The Morgan fingerprint density at radius 3 is 2.33 bits per heavy atom. The van der Waals surface area contributed by atoms with Crippen molar-refractivity contribution in [2.75, 3.05) is 20.3 Å². The summed E-state index contributed by atoms with van der Waals surface area (Å²) in [7, 11) is 1.55. The first-order valence-electron chi connectivity index (χ1n) is 16.8. The van der Waals surface area contributed by atoms with Crippen LogP contribution < -0.4 is 27.2 Å². The Labute approximate surface area is 293 Å². The molecule has 5 amide bonds. The lowest BCUT2D eigenvalue weighted by Gasteiger charge is -2.37. The van der Waals surface area contributed by atoms with E-state index in [0.717, 1.165) is 24.8 Å². The number of rotatable bonds is 12. The number of ether oxygens (including phenoxy) is 1. The summed E-state index contributed by atoms with van der Waals surface area (Å²) < 4.78 is 5.32. The number of carbonyl (C=O) groups excluding carboxylic acids is 5. The molecule has 4 rings (SSSR count). The molecule has 1 unspecified atom stereocenters. The summed E-state index contributed by atoms with van der Waals surface area (Å²) in [6.45, 7) is 11.6. The smallest absolute Gasteiger partial charge is 0.315 e. The summed E-state index contributed by atoms with van der Waals surface area (Å²) in [5, 5.41) is 9.06. The van der Waals surface area contributed by atoms with E-state index in [9.17, 15) is 24.0 Å². The van der Waals surface area contributed by atoms with E-state index in [1.807, 2.05) is 53.7 Å². The zero-order valence-corrected chi connectivity index (χ0v) is 30.2. The summed E-state index contributed by atoms with van der Waals surface area (Å²) in [6, 6.07) is 2.94. The average molecular weight is 703 g/mol. The van der Waals surface area contributed by atoms with Crippen LogP contribution in [-0.4, -0.2) is 84.5 Å². The Kier molecular flexibility index (Phi) is 11.7. The van der Waals surface area contributed by atoms with Crippen molar-refractivity contribution < 1.29 is 33.5 Å². The third kappa shape index (κ3) is 9.31. The number of carbonyl (C=O) groups is 5. The first-order valence-corrected chi connectivity index (χ1v) is 17.1. The van der Waals surface area contributed by atoms with E-state index in [-0.39, 0.29) is 43.4 Å². The van der Waals surface area contributed by atoms with Crippen LogP contribution in [0.25, 0.3) is 5.70 Å². The fraction of sp³-hybridized carbons (Fsp3) is 0.629. The average Bonchev–Trinajstić information content (AvgIpc) is 3.58. The number of hydrogen-bond donors (Lipinski definition) is 5. The monoisotopic (exact) mass is 702 g/mol. The van der Waals surface area contributed by atoms with E-state index in [1.54, 1.807) is 25.3 Å². The van der Waals surface area contributed by atoms with Gasteiger partial charge < -0.3 is 31.3 Å². The highest BCUT2D eigenvalue weighted by atomic mass is 35.5. The summed E-state index contributed by atoms with van der Waals surface area (Å²) in [6.07, 6.45) is 4.90. The lowest BCUT2D eigenvalue weighted by atomic mass is 9.80. The zero-order valence-electron chi connectivity index (χ0n) is 29.5. The van der Waals surface area contributed by atoms with E-state index in [0.29, 0.717) is 10.7 Å². The van der Waals surface area contributed by atoms with Gasteiger partial charge in [0, 0.05) is 24.1 Å². The van der Waals surface area contributed by atoms with Gasteiger partial charge in [0.2, 0.25) is 17.6 Å². The van der Waals surface area contributed by atoms with E-state index < -0.39 is 58.7 Å². The van der Waals surface area contributed by atoms with Crippen LogP contribution in [0.2, 0.25) is 5.02 Å². The standard InChI is InChI=1S/C35H51ClN6O7/c1-33(2,3)26(18-48-7)39-32(47)40-28(34(4,5)6)31(46)42-19-35(16-24(41-49-35)21-12-9-13-22(36)15-21)17-25(42)30(45)38-23(27(43)29(37)44)14-20-10-8-11-20/h9,12-13,15-16,20,23,25-26,28,41H,8,10-11,14,17-19H2,1-7H3,(H2,37,44)(H,38,45)(H2,39,40,47)/t23?,25-,26+,28+,35+/m0/s1. The molecule has 1 saturated carbocycles. The largest absolute Gasteiger partial charge is 0.383 e. The van der Waals surface area contributed by atoms with Crippen LogP contribution in [0.15, 0.2) is 30.3 Å². The third-order valence-electron chi connectivity index (χ3n) is 9.59. The van der Waals surface area contributed by atoms with Crippen molar-refractivity contribution >= 4 is 46.8 Å². The molecule has 0 radical (unpaired) electrons. The van der Waals surface area contributed by atoms with E-state index in [1.165, 1.54) is 4.90 Å². The molecule has 2 heterocycles. The predicted octanol–water partition coefficient (Wildman–Crippen LogP) is 3.06. The number of primary amides is 1. The number of Topliss-reactive ketones (excluding diaryl/α,β-unsaturated/α-hetero) is 1. The Morgan fingerprint density at radius 1 is 1.08 bits per heavy atom. The van der Waals surface area contributed by atoms with Crippen molar-refractivity contribution in [1.29, 1.82) is 0 Å². The van der Waals surface area contributed by atoms with Gasteiger partial charge in [-0.25, -0.2) is 4.79 Å². The molecule has 0 bridgehead atoms. The van der Waals surface area contributed by atoms with Gasteiger partial charge in [-0.15, -0.1) is 0 Å². The number of likely N-dealkylation sites (tertiary alicyclic amines) is 1. The van der Waals surface area contributed by atoms with Crippen molar-refractivity contribution in [3.05, 3.63) is 40.9 Å². The second-order valence-electron chi connectivity index (χ2n) is 15.6. The minimum absolute atomic E-state index is 0.0333. The van der Waals surface area contributed by atoms with Crippen molar-refractivity contribution in [3.63, 3.8) is 0 Å². The van der Waals surface area contributed by atoms with Crippen LogP contribution in [-0.2, 0) is 28.8 Å². The minimum Gasteiger partial charge on any atom is -0.383 e. The van der Waals surface area contributed by atoms with Crippen molar-refractivity contribution in [2.24, 2.45) is 22.5 Å². The second kappa shape index (κ2) is 15.1. The molecule has 1 spiro atoms. The Hall–Kier alpha value is -3.68. The third-order valence-corrected chi connectivity index (χ3v) is 9.82. The highest BCUT2D eigenvalue weighted by Crippen LogP contribution is 2.39. The number of ketones is 1. The number of benzene rings is 1. The maximum absolute atomic E-state index is 14.6. The molecule has 6 N–H and O–H groups in total. The number of amides is 5. The number of nitrogens with two attached hydrogens (primary N) is 1. The van der Waals surface area contributed by atoms with Gasteiger partial charge in [-0.3, -0.25) is 29.5 Å². The Morgan fingerprint density at radius 2 is 1.78 bits per heavy atom. The fourth-order valence-electron chi connectivity index (χ4n) is 6.37. The van der Waals surface area contributed by atoms with E-state index >= 15 is 0 Å². The van der Waals surface area contributed by atoms with Crippen molar-refractivity contribution in [2.45, 2.75) is 103 Å². The second-order valence-corrected chi connectivity index (χ2v) is 16.1. The minimum atomic E-state index is -1.14. The molecule has 1 aliphatic carbocycles. The van der Waals surface area contributed by atoms with Gasteiger partial charge >= 0.3 is 6.03 Å². The van der Waals surface area contributed by atoms with Gasteiger partial charge in [0.25, 0.3) is 5.91 Å². The number of methoxy groups -OCH3 is 1. The number of nitrogens with one attached hydrogen (secondary N) is 4. The topological polar surface area (TPSA) is 181 Å². The van der Waals surface area contributed by atoms with Gasteiger partial charge in [-0.05, 0) is 41.4 Å². The summed E-state index contributed by atoms with van der Waals surface area (Å²) >= 11 is 6.23. The predicted molar refractivity (Wildman–Crippen MR) is 185 cm³/mol. The normalized spacial score (nSPS) is 22.7. The summed E-state index contributed by atoms with van der Waals surface area (Å²) in [5.74, 6) is -2.98. The van der Waals surface area contributed by atoms with Crippen LogP contribution >= 0.6 is 11.6 Å². The van der Waals surface area contributed by atoms with Crippen LogP contribution in [0.4, 0.5) is 4.79 Å². The number of halogens is 1. The van der Waals surface area contributed by atoms with Gasteiger partial charge in [0.1, 0.15) is 17.7 Å². The van der Waals surface area contributed by atoms with E-state index in [4.69, 9.17) is 26.9 Å². The zero-order chi connectivity index (χ0) is 36.3. The molecule has 5 atom stereocenters. The molecule has 2 aliphatic heterocycles. The van der Waals surface area contributed by atoms with Crippen LogP contribution in [0.3, 0.4) is 0 Å². The van der Waals surface area contributed by atoms with Crippen molar-refractivity contribution in [1.82, 2.24) is 26.3 Å². The molecular formula is C35H51ClN6O7. The summed E-state index contributed by atoms with van der Waals surface area (Å²) in [4.78, 5) is 74.3. The SMILES string of the molecule is COC[C@@H](NC(=O)N[C@H](C(=O)N1C[C@@]2(C=C(c3cccc(Cl)c3)NO2)C[C@H]1C(=O)NC(CC1CCC1)C(=O)C(N)=O)C(C)(C)C)C(C)(C)C. The number of hydrogen-bond acceptors (Lipinski definition) is 8. The maximum atomic E-state index is 14.6. The van der Waals surface area contributed by atoms with Gasteiger partial charge in [0.15, 0.2) is 0 Å². The Balaban J connectivity index is 1.66. The summed E-state index contributed by atoms with van der Waals surface area (Å²) in [5.41, 5.74) is 7.40. The molecule has 49 heavy (non-hydrogen) atoms. The molecule has 1 saturated heterocycles. The van der Waals surface area contributed by atoms with E-state index in [2.05, 4.69) is 21.4 Å². The molecule has 13 nitrogen and oxygen atoms in total. The molecule has 2 fully saturated rings. The molecule has 270 valence electrons. The molecule has 3 aliphatic rings. The first kappa shape index (κ1) is 38.1. The van der Waals surface area contributed by atoms with Crippen LogP contribution in [0.5, 0.6) is 0 Å².